The topological polar surface area (TPSA) is 73.0 Å². The van der Waals surface area contributed by atoms with Crippen LogP contribution in [-0.2, 0) is 23.9 Å². The first-order valence-corrected chi connectivity index (χ1v) is 8.98. The van der Waals surface area contributed by atoms with Gasteiger partial charge in [0.2, 0.25) is 5.91 Å². The third-order valence-electron chi connectivity index (χ3n) is 5.18. The molecular formula is C17H16F5N5O2. The van der Waals surface area contributed by atoms with Crippen molar-refractivity contribution in [3.63, 3.8) is 0 Å². The van der Waals surface area contributed by atoms with Crippen molar-refractivity contribution in [3.05, 3.63) is 45.6 Å². The summed E-state index contributed by atoms with van der Waals surface area (Å²) in [6, 6.07) is 0.194. The fourth-order valence-corrected chi connectivity index (χ4v) is 3.77. The van der Waals surface area contributed by atoms with E-state index in [1.807, 2.05) is 0 Å². The van der Waals surface area contributed by atoms with Gasteiger partial charge in [0.25, 0.3) is 0 Å². The molecule has 0 spiro atoms. The maximum atomic E-state index is 14.2. The highest BCUT2D eigenvalue weighted by atomic mass is 19.4. The van der Waals surface area contributed by atoms with Gasteiger partial charge in [-0.2, -0.15) is 18.3 Å². The lowest BCUT2D eigenvalue weighted by Gasteiger charge is -2.20. The molecule has 0 radical (unpaired) electrons. The SMILES string of the molecule is O=C([C@H]1CCc2nn(Cc3ccnc(C(F)(F)F)c3F)c(=O)n21)N1CC[C@H](F)C1. The largest absolute Gasteiger partial charge is 0.436 e. The molecule has 0 unspecified atom stereocenters. The molecule has 1 saturated heterocycles. The fraction of sp³-hybridized carbons (Fsp3) is 0.529. The first-order valence-electron chi connectivity index (χ1n) is 8.98. The molecule has 1 amide bonds. The number of aryl methyl sites for hydroxylation is 1. The number of nitrogens with zero attached hydrogens (tertiary/aromatic N) is 5. The van der Waals surface area contributed by atoms with Crippen LogP contribution in [0.25, 0.3) is 0 Å². The Morgan fingerprint density at radius 1 is 1.28 bits per heavy atom. The molecule has 2 aliphatic rings. The Bertz CT molecular complexity index is 1010. The molecule has 2 atom stereocenters. The van der Waals surface area contributed by atoms with Crippen molar-refractivity contribution >= 4 is 5.91 Å². The van der Waals surface area contributed by atoms with Crippen LogP contribution in [-0.4, -0.2) is 49.4 Å². The van der Waals surface area contributed by atoms with Crippen LogP contribution in [0.2, 0.25) is 0 Å². The summed E-state index contributed by atoms with van der Waals surface area (Å²) in [7, 11) is 0. The molecule has 29 heavy (non-hydrogen) atoms. The van der Waals surface area contributed by atoms with E-state index in [9.17, 15) is 31.5 Å². The number of rotatable bonds is 3. The standard InChI is InChI=1S/C17H16F5N5O2/c18-10-4-6-25(8-10)15(28)11-1-2-12-24-26(16(29)27(11)12)7-9-3-5-23-14(13(9)19)17(20,21)22/h3,5,10-11H,1-2,4,6-8H2/t10-,11+/m0/s1. The Morgan fingerprint density at radius 3 is 2.69 bits per heavy atom. The highest BCUT2D eigenvalue weighted by Gasteiger charge is 2.39. The molecule has 2 aromatic heterocycles. The van der Waals surface area contributed by atoms with Crippen molar-refractivity contribution in [1.82, 2.24) is 24.2 Å². The Hall–Kier alpha value is -2.79. The number of halogens is 5. The zero-order chi connectivity index (χ0) is 20.9. The van der Waals surface area contributed by atoms with Crippen molar-refractivity contribution in [1.29, 1.82) is 0 Å². The molecule has 0 N–H and O–H groups in total. The quantitative estimate of drug-likeness (QED) is 0.713. The Morgan fingerprint density at radius 2 is 2.03 bits per heavy atom. The van der Waals surface area contributed by atoms with E-state index in [4.69, 9.17) is 0 Å². The summed E-state index contributed by atoms with van der Waals surface area (Å²) in [5, 5.41) is 4.05. The lowest BCUT2D eigenvalue weighted by atomic mass is 10.2. The normalized spacial score (nSPS) is 21.6. The zero-order valence-electron chi connectivity index (χ0n) is 15.0. The van der Waals surface area contributed by atoms with Gasteiger partial charge in [-0.15, -0.1) is 0 Å². The minimum atomic E-state index is -4.97. The van der Waals surface area contributed by atoms with E-state index >= 15 is 0 Å². The summed E-state index contributed by atoms with van der Waals surface area (Å²) in [4.78, 5) is 29.7. The van der Waals surface area contributed by atoms with Crippen molar-refractivity contribution in [2.24, 2.45) is 0 Å². The number of likely N-dealkylation sites (tertiary alicyclic amines) is 1. The van der Waals surface area contributed by atoms with Gasteiger partial charge in [-0.1, -0.05) is 0 Å². The minimum absolute atomic E-state index is 0.0317. The van der Waals surface area contributed by atoms with Crippen LogP contribution in [0, 0.1) is 5.82 Å². The van der Waals surface area contributed by atoms with Gasteiger partial charge in [0.1, 0.15) is 18.0 Å². The first kappa shape index (κ1) is 19.5. The maximum absolute atomic E-state index is 14.2. The highest BCUT2D eigenvalue weighted by Crippen LogP contribution is 2.31. The Balaban J connectivity index is 1.62. The molecule has 1 fully saturated rings. The summed E-state index contributed by atoms with van der Waals surface area (Å²) < 4.78 is 68.1. The summed E-state index contributed by atoms with van der Waals surface area (Å²) in [5.74, 6) is -1.67. The second-order valence-corrected chi connectivity index (χ2v) is 7.08. The van der Waals surface area contributed by atoms with Crippen molar-refractivity contribution in [2.45, 2.75) is 44.2 Å². The molecule has 0 aliphatic carbocycles. The number of alkyl halides is 4. The summed E-state index contributed by atoms with van der Waals surface area (Å²) in [6.45, 7) is -0.305. The van der Waals surface area contributed by atoms with Crippen LogP contribution in [0.3, 0.4) is 0 Å². The molecule has 156 valence electrons. The zero-order valence-corrected chi connectivity index (χ0v) is 15.0. The van der Waals surface area contributed by atoms with E-state index in [0.717, 1.165) is 21.5 Å². The lowest BCUT2D eigenvalue weighted by Crippen LogP contribution is -2.38. The van der Waals surface area contributed by atoms with Gasteiger partial charge in [-0.05, 0) is 18.9 Å². The molecule has 12 heteroatoms. The average molecular weight is 417 g/mol. The molecule has 0 saturated carbocycles. The summed E-state index contributed by atoms with van der Waals surface area (Å²) in [6.07, 6.45) is -4.39. The van der Waals surface area contributed by atoms with Crippen LogP contribution in [0.15, 0.2) is 17.1 Å². The third kappa shape index (κ3) is 3.40. The molecule has 2 aliphatic heterocycles. The monoisotopic (exact) mass is 417 g/mol. The summed E-state index contributed by atoms with van der Waals surface area (Å²) >= 11 is 0. The highest BCUT2D eigenvalue weighted by molar-refractivity contribution is 5.81. The van der Waals surface area contributed by atoms with Gasteiger partial charge in [0.15, 0.2) is 11.5 Å². The van der Waals surface area contributed by atoms with E-state index in [-0.39, 0.29) is 31.2 Å². The summed E-state index contributed by atoms with van der Waals surface area (Å²) in [5.41, 5.74) is -2.79. The van der Waals surface area contributed by atoms with Crippen molar-refractivity contribution < 1.29 is 26.7 Å². The Labute approximate surface area is 160 Å². The fourth-order valence-electron chi connectivity index (χ4n) is 3.77. The number of hydrogen-bond acceptors (Lipinski definition) is 4. The van der Waals surface area contributed by atoms with E-state index in [2.05, 4.69) is 10.1 Å². The van der Waals surface area contributed by atoms with Gasteiger partial charge in [-0.3, -0.25) is 9.36 Å². The second kappa shape index (κ2) is 6.92. The number of aromatic nitrogens is 4. The predicted molar refractivity (Wildman–Crippen MR) is 88.2 cm³/mol. The van der Waals surface area contributed by atoms with Crippen molar-refractivity contribution in [2.75, 3.05) is 13.1 Å². The first-order chi connectivity index (χ1) is 13.7. The van der Waals surface area contributed by atoms with Gasteiger partial charge >= 0.3 is 11.9 Å². The minimum Gasteiger partial charge on any atom is -0.338 e. The maximum Gasteiger partial charge on any atom is 0.436 e. The molecule has 0 aromatic carbocycles. The van der Waals surface area contributed by atoms with Crippen LogP contribution >= 0.6 is 0 Å². The molecule has 7 nitrogen and oxygen atoms in total. The smallest absolute Gasteiger partial charge is 0.338 e. The van der Waals surface area contributed by atoms with Crippen LogP contribution < -0.4 is 5.69 Å². The van der Waals surface area contributed by atoms with Crippen LogP contribution in [0.1, 0.15) is 36.0 Å². The van der Waals surface area contributed by atoms with Gasteiger partial charge in [0.05, 0.1) is 13.1 Å². The Kier molecular flexibility index (Phi) is 4.66. The van der Waals surface area contributed by atoms with Crippen LogP contribution in [0.5, 0.6) is 0 Å². The van der Waals surface area contributed by atoms with Gasteiger partial charge in [0, 0.05) is 24.7 Å². The van der Waals surface area contributed by atoms with Crippen LogP contribution in [0.4, 0.5) is 22.0 Å². The second-order valence-electron chi connectivity index (χ2n) is 7.08. The number of hydrogen-bond donors (Lipinski definition) is 0. The van der Waals surface area contributed by atoms with E-state index in [0.29, 0.717) is 12.8 Å². The molecule has 4 heterocycles. The molecule has 4 rings (SSSR count). The lowest BCUT2D eigenvalue weighted by molar-refractivity contribution is -0.143. The van der Waals surface area contributed by atoms with E-state index < -0.39 is 47.7 Å². The average Bonchev–Trinajstić information content (AvgIpc) is 3.33. The number of fused-ring (bicyclic) bond motifs is 1. The third-order valence-corrected chi connectivity index (χ3v) is 5.18. The van der Waals surface area contributed by atoms with E-state index in [1.54, 1.807) is 0 Å². The number of amides is 1. The predicted octanol–water partition coefficient (Wildman–Crippen LogP) is 1.70. The van der Waals surface area contributed by atoms with E-state index in [1.165, 1.54) is 4.90 Å². The molecule has 2 aromatic rings. The molecular weight excluding hydrogens is 401 g/mol. The van der Waals surface area contributed by atoms with Gasteiger partial charge < -0.3 is 4.90 Å². The molecule has 0 bridgehead atoms. The number of carbonyl (C=O) groups is 1. The van der Waals surface area contributed by atoms with Gasteiger partial charge in [-0.25, -0.2) is 23.2 Å². The van der Waals surface area contributed by atoms with Crippen molar-refractivity contribution in [3.8, 4) is 0 Å². The number of pyridine rings is 1. The number of carbonyl (C=O) groups excluding carboxylic acids is 1.